The van der Waals surface area contributed by atoms with Gasteiger partial charge in [-0.05, 0) is 31.8 Å². The Kier molecular flexibility index (Phi) is 6.05. The molecule has 1 rings (SSSR count). The molecule has 0 aliphatic rings. The largest absolute Gasteiger partial charge is 0.387 e. The molecule has 20 heavy (non-hydrogen) atoms. The summed E-state index contributed by atoms with van der Waals surface area (Å²) in [5, 5.41) is 15.3. The summed E-state index contributed by atoms with van der Waals surface area (Å²) < 4.78 is 1.82. The van der Waals surface area contributed by atoms with E-state index in [1.807, 2.05) is 18.8 Å². The van der Waals surface area contributed by atoms with E-state index < -0.39 is 6.10 Å². The Balaban J connectivity index is 2.81. The van der Waals surface area contributed by atoms with Crippen molar-refractivity contribution in [1.29, 1.82) is 0 Å². The maximum Gasteiger partial charge on any atom is 0.0974 e. The summed E-state index contributed by atoms with van der Waals surface area (Å²) >= 11 is 6.20. The van der Waals surface area contributed by atoms with Gasteiger partial charge in [-0.2, -0.15) is 5.10 Å². The van der Waals surface area contributed by atoms with Crippen molar-refractivity contribution in [2.75, 3.05) is 20.6 Å². The average Bonchev–Trinajstić information content (AvgIpc) is 2.66. The molecule has 0 amide bonds. The minimum absolute atomic E-state index is 0.169. The first-order valence-electron chi connectivity index (χ1n) is 7.17. The number of halogens is 1. The minimum Gasteiger partial charge on any atom is -0.387 e. The molecule has 0 aliphatic carbocycles. The molecule has 0 fully saturated rings. The van der Waals surface area contributed by atoms with Gasteiger partial charge in [0.25, 0.3) is 0 Å². The molecular weight excluding hydrogens is 274 g/mol. The van der Waals surface area contributed by atoms with Crippen LogP contribution >= 0.6 is 11.6 Å². The number of aliphatic hydroxyl groups excluding tert-OH is 1. The molecule has 1 N–H and O–H groups in total. The van der Waals surface area contributed by atoms with E-state index >= 15 is 0 Å². The lowest BCUT2D eigenvalue weighted by molar-refractivity contribution is 0.103. The molecule has 1 heterocycles. The predicted octanol–water partition coefficient (Wildman–Crippen LogP) is 3.20. The molecule has 5 heteroatoms. The predicted molar refractivity (Wildman–Crippen MR) is 84.0 cm³/mol. The van der Waals surface area contributed by atoms with Gasteiger partial charge in [0.05, 0.1) is 29.6 Å². The Morgan fingerprint density at radius 3 is 2.50 bits per heavy atom. The zero-order chi connectivity index (χ0) is 15.5. The lowest BCUT2D eigenvalue weighted by atomic mass is 9.78. The molecule has 1 aromatic rings. The van der Waals surface area contributed by atoms with Crippen LogP contribution in [0.1, 0.15) is 45.9 Å². The number of aromatic nitrogens is 2. The summed E-state index contributed by atoms with van der Waals surface area (Å²) in [4.78, 5) is 2.09. The second kappa shape index (κ2) is 6.92. The Labute approximate surface area is 127 Å². The summed E-state index contributed by atoms with van der Waals surface area (Å²) in [6.45, 7) is 10.3. The highest BCUT2D eigenvalue weighted by molar-refractivity contribution is 6.31. The van der Waals surface area contributed by atoms with E-state index in [-0.39, 0.29) is 5.41 Å². The molecular formula is C15H28ClN3O. The quantitative estimate of drug-likeness (QED) is 0.877. The molecule has 116 valence electrons. The van der Waals surface area contributed by atoms with E-state index in [0.29, 0.717) is 17.4 Å². The Hall–Kier alpha value is -0.580. The second-order valence-electron chi connectivity index (χ2n) is 6.92. The van der Waals surface area contributed by atoms with Crippen LogP contribution < -0.4 is 0 Å². The van der Waals surface area contributed by atoms with Crippen LogP contribution in [-0.2, 0) is 6.54 Å². The second-order valence-corrected chi connectivity index (χ2v) is 7.33. The first-order valence-corrected chi connectivity index (χ1v) is 7.54. The molecule has 0 spiro atoms. The number of hydrogen-bond acceptors (Lipinski definition) is 3. The zero-order valence-electron chi connectivity index (χ0n) is 13.5. The summed E-state index contributed by atoms with van der Waals surface area (Å²) in [6, 6.07) is 0. The van der Waals surface area contributed by atoms with Crippen LogP contribution in [0, 0.1) is 11.3 Å². The molecule has 0 aliphatic heterocycles. The summed E-state index contributed by atoms with van der Waals surface area (Å²) in [5.74, 6) is 0.394. The van der Waals surface area contributed by atoms with Crippen LogP contribution in [-0.4, -0.2) is 40.4 Å². The minimum atomic E-state index is -0.568. The van der Waals surface area contributed by atoms with Gasteiger partial charge in [-0.25, -0.2) is 0 Å². The maximum absolute atomic E-state index is 10.5. The highest BCUT2D eigenvalue weighted by atomic mass is 35.5. The van der Waals surface area contributed by atoms with Crippen LogP contribution in [0.15, 0.2) is 6.20 Å². The van der Waals surface area contributed by atoms with E-state index in [1.165, 1.54) is 0 Å². The maximum atomic E-state index is 10.5. The zero-order valence-corrected chi connectivity index (χ0v) is 14.3. The van der Waals surface area contributed by atoms with E-state index in [9.17, 15) is 5.11 Å². The van der Waals surface area contributed by atoms with Crippen molar-refractivity contribution in [3.8, 4) is 0 Å². The van der Waals surface area contributed by atoms with Crippen molar-refractivity contribution in [3.63, 3.8) is 0 Å². The van der Waals surface area contributed by atoms with Crippen molar-refractivity contribution in [2.45, 2.75) is 46.8 Å². The highest BCUT2D eigenvalue weighted by Crippen LogP contribution is 2.35. The Bertz CT molecular complexity index is 423. The van der Waals surface area contributed by atoms with Crippen LogP contribution in [0.5, 0.6) is 0 Å². The third-order valence-corrected chi connectivity index (χ3v) is 4.25. The lowest BCUT2D eigenvalue weighted by Crippen LogP contribution is -2.23. The Morgan fingerprint density at radius 2 is 2.00 bits per heavy atom. The average molecular weight is 302 g/mol. The van der Waals surface area contributed by atoms with Gasteiger partial charge in [0, 0.05) is 6.54 Å². The molecule has 0 bridgehead atoms. The van der Waals surface area contributed by atoms with Crippen molar-refractivity contribution in [3.05, 3.63) is 16.9 Å². The van der Waals surface area contributed by atoms with E-state index in [0.717, 1.165) is 18.8 Å². The third-order valence-electron chi connectivity index (χ3n) is 3.96. The van der Waals surface area contributed by atoms with Gasteiger partial charge in [-0.3, -0.25) is 4.68 Å². The van der Waals surface area contributed by atoms with E-state index in [1.54, 1.807) is 6.20 Å². The third kappa shape index (κ3) is 4.76. The fourth-order valence-corrected chi connectivity index (χ4v) is 2.24. The monoisotopic (exact) mass is 301 g/mol. The molecule has 0 aromatic carbocycles. The molecule has 2 atom stereocenters. The molecule has 4 nitrogen and oxygen atoms in total. The number of hydrogen-bond donors (Lipinski definition) is 1. The fraction of sp³-hybridized carbons (Fsp3) is 0.800. The molecule has 0 saturated heterocycles. The van der Waals surface area contributed by atoms with Gasteiger partial charge in [0.15, 0.2) is 0 Å². The van der Waals surface area contributed by atoms with Gasteiger partial charge in [-0.15, -0.1) is 0 Å². The van der Waals surface area contributed by atoms with E-state index in [4.69, 9.17) is 11.6 Å². The number of aliphatic hydroxyl groups is 1. The molecule has 0 saturated carbocycles. The topological polar surface area (TPSA) is 41.3 Å². The standard InChI is InChI=1S/C15H28ClN3O/c1-11(15(2,3)4)9-13(20)14-12(16)10-17-19(14)8-7-18(5)6/h10-11,13,20H,7-9H2,1-6H3. The van der Waals surface area contributed by atoms with Crippen LogP contribution in [0.25, 0.3) is 0 Å². The normalized spacial score (nSPS) is 15.7. The van der Waals surface area contributed by atoms with Gasteiger partial charge >= 0.3 is 0 Å². The SMILES string of the molecule is CC(CC(O)c1c(Cl)cnn1CCN(C)C)C(C)(C)C. The smallest absolute Gasteiger partial charge is 0.0974 e. The summed E-state index contributed by atoms with van der Waals surface area (Å²) in [7, 11) is 4.03. The van der Waals surface area contributed by atoms with Crippen LogP contribution in [0.2, 0.25) is 5.02 Å². The van der Waals surface area contributed by atoms with Gasteiger partial charge in [0.1, 0.15) is 0 Å². The highest BCUT2D eigenvalue weighted by Gasteiger charge is 2.26. The number of likely N-dealkylation sites (N-methyl/N-ethyl adjacent to an activating group) is 1. The van der Waals surface area contributed by atoms with Gasteiger partial charge in [-0.1, -0.05) is 39.3 Å². The van der Waals surface area contributed by atoms with E-state index in [2.05, 4.69) is 37.7 Å². The van der Waals surface area contributed by atoms with Crippen molar-refractivity contribution < 1.29 is 5.11 Å². The van der Waals surface area contributed by atoms with Gasteiger partial charge in [0.2, 0.25) is 0 Å². The molecule has 0 radical (unpaired) electrons. The molecule has 1 aromatic heterocycles. The molecule has 2 unspecified atom stereocenters. The van der Waals surface area contributed by atoms with Crippen molar-refractivity contribution in [1.82, 2.24) is 14.7 Å². The van der Waals surface area contributed by atoms with Crippen LogP contribution in [0.3, 0.4) is 0 Å². The first kappa shape index (κ1) is 17.5. The lowest BCUT2D eigenvalue weighted by Gasteiger charge is -2.29. The number of rotatable bonds is 6. The van der Waals surface area contributed by atoms with Crippen molar-refractivity contribution >= 4 is 11.6 Å². The number of nitrogens with zero attached hydrogens (tertiary/aromatic N) is 3. The van der Waals surface area contributed by atoms with Gasteiger partial charge < -0.3 is 10.0 Å². The summed E-state index contributed by atoms with van der Waals surface area (Å²) in [5.41, 5.74) is 0.909. The van der Waals surface area contributed by atoms with Crippen LogP contribution in [0.4, 0.5) is 0 Å². The Morgan fingerprint density at radius 1 is 1.40 bits per heavy atom. The first-order chi connectivity index (χ1) is 9.12. The fourth-order valence-electron chi connectivity index (χ4n) is 1.98. The summed E-state index contributed by atoms with van der Waals surface area (Å²) in [6.07, 6.45) is 1.75. The van der Waals surface area contributed by atoms with Crippen molar-refractivity contribution in [2.24, 2.45) is 11.3 Å².